The van der Waals surface area contributed by atoms with Crippen LogP contribution in [0.5, 0.6) is 11.5 Å². The van der Waals surface area contributed by atoms with Crippen molar-refractivity contribution in [2.75, 3.05) is 26.1 Å². The number of methoxy groups -OCH3 is 2. The average Bonchev–Trinajstić information content (AvgIpc) is 3.10. The van der Waals surface area contributed by atoms with E-state index >= 15 is 0 Å². The van der Waals surface area contributed by atoms with E-state index in [0.29, 0.717) is 35.0 Å². The van der Waals surface area contributed by atoms with E-state index in [2.05, 4.69) is 10.6 Å². The molecule has 1 aromatic heterocycles. The molecule has 0 aliphatic carbocycles. The summed E-state index contributed by atoms with van der Waals surface area (Å²) in [5.74, 6) is -0.518. The van der Waals surface area contributed by atoms with Gasteiger partial charge in [0.2, 0.25) is 0 Å². The minimum absolute atomic E-state index is 0.0135. The molecule has 0 unspecified atom stereocenters. The molecule has 0 spiro atoms. The van der Waals surface area contributed by atoms with Crippen LogP contribution in [0, 0.1) is 0 Å². The van der Waals surface area contributed by atoms with Gasteiger partial charge in [-0.2, -0.15) is 0 Å². The minimum Gasteiger partial charge on any atom is -0.493 e. The standard InChI is InChI=1S/C18H20N2O5S/c1-11(21)16-7-5-13(26-16)8-9-19-17(22)18(23)20-12-4-6-14(24-2)15(10-12)25-3/h4-7,10H,8-9H2,1-3H3,(H,19,22)(H,20,23). The van der Waals surface area contributed by atoms with E-state index in [9.17, 15) is 14.4 Å². The lowest BCUT2D eigenvalue weighted by molar-refractivity contribution is -0.136. The van der Waals surface area contributed by atoms with Gasteiger partial charge < -0.3 is 20.1 Å². The zero-order chi connectivity index (χ0) is 19.1. The fraction of sp³-hybridized carbons (Fsp3) is 0.278. The van der Waals surface area contributed by atoms with Crippen LogP contribution in [0.4, 0.5) is 5.69 Å². The smallest absolute Gasteiger partial charge is 0.313 e. The van der Waals surface area contributed by atoms with Crippen molar-refractivity contribution >= 4 is 34.6 Å². The number of anilines is 1. The zero-order valence-electron chi connectivity index (χ0n) is 14.8. The van der Waals surface area contributed by atoms with Crippen LogP contribution < -0.4 is 20.1 Å². The number of benzene rings is 1. The average molecular weight is 376 g/mol. The maximum Gasteiger partial charge on any atom is 0.313 e. The molecule has 1 heterocycles. The summed E-state index contributed by atoms with van der Waals surface area (Å²) in [7, 11) is 2.99. The number of carbonyl (C=O) groups excluding carboxylic acids is 3. The Hall–Kier alpha value is -2.87. The summed E-state index contributed by atoms with van der Waals surface area (Å²) in [5, 5.41) is 5.06. The summed E-state index contributed by atoms with van der Waals surface area (Å²) < 4.78 is 10.3. The molecule has 138 valence electrons. The monoisotopic (exact) mass is 376 g/mol. The summed E-state index contributed by atoms with van der Waals surface area (Å²) in [6.45, 7) is 1.81. The number of amides is 2. The van der Waals surface area contributed by atoms with Crippen LogP contribution in [0.15, 0.2) is 30.3 Å². The summed E-state index contributed by atoms with van der Waals surface area (Å²) in [6.07, 6.45) is 0.549. The third-order valence-electron chi connectivity index (χ3n) is 3.51. The lowest BCUT2D eigenvalue weighted by Crippen LogP contribution is -2.36. The van der Waals surface area contributed by atoms with E-state index in [4.69, 9.17) is 9.47 Å². The lowest BCUT2D eigenvalue weighted by Gasteiger charge is -2.10. The third-order valence-corrected chi connectivity index (χ3v) is 4.76. The summed E-state index contributed by atoms with van der Waals surface area (Å²) in [5.41, 5.74) is 0.423. The SMILES string of the molecule is COc1ccc(NC(=O)C(=O)NCCc2ccc(C(C)=O)s2)cc1OC. The number of ether oxygens (including phenoxy) is 2. The molecule has 0 bridgehead atoms. The first-order chi connectivity index (χ1) is 12.4. The van der Waals surface area contributed by atoms with Crippen LogP contribution in [0.2, 0.25) is 0 Å². The van der Waals surface area contributed by atoms with E-state index in [1.165, 1.54) is 32.5 Å². The number of ketones is 1. The van der Waals surface area contributed by atoms with Gasteiger partial charge in [0.1, 0.15) is 0 Å². The number of carbonyl (C=O) groups is 3. The van der Waals surface area contributed by atoms with Crippen molar-refractivity contribution in [1.29, 1.82) is 0 Å². The van der Waals surface area contributed by atoms with Crippen molar-refractivity contribution in [2.24, 2.45) is 0 Å². The molecule has 1 aromatic carbocycles. The van der Waals surface area contributed by atoms with Gasteiger partial charge in [0.25, 0.3) is 0 Å². The van der Waals surface area contributed by atoms with Crippen LogP contribution >= 0.6 is 11.3 Å². The van der Waals surface area contributed by atoms with Crippen molar-refractivity contribution in [3.63, 3.8) is 0 Å². The van der Waals surface area contributed by atoms with Crippen molar-refractivity contribution in [1.82, 2.24) is 5.32 Å². The molecule has 0 fully saturated rings. The molecule has 2 aromatic rings. The van der Waals surface area contributed by atoms with E-state index < -0.39 is 11.8 Å². The molecular weight excluding hydrogens is 356 g/mol. The normalized spacial score (nSPS) is 10.1. The topological polar surface area (TPSA) is 93.7 Å². The van der Waals surface area contributed by atoms with Gasteiger partial charge in [0, 0.05) is 23.2 Å². The molecule has 0 saturated carbocycles. The summed E-state index contributed by atoms with van der Waals surface area (Å²) in [4.78, 5) is 36.8. The summed E-state index contributed by atoms with van der Waals surface area (Å²) in [6, 6.07) is 8.42. The van der Waals surface area contributed by atoms with E-state index in [0.717, 1.165) is 4.88 Å². The molecule has 2 rings (SSSR count). The van der Waals surface area contributed by atoms with Gasteiger partial charge in [-0.05, 0) is 37.6 Å². The molecule has 0 aliphatic heterocycles. The lowest BCUT2D eigenvalue weighted by atomic mass is 10.2. The van der Waals surface area contributed by atoms with Crippen molar-refractivity contribution in [2.45, 2.75) is 13.3 Å². The van der Waals surface area contributed by atoms with Crippen LogP contribution in [-0.4, -0.2) is 38.4 Å². The third kappa shape index (κ3) is 5.06. The molecule has 2 amide bonds. The minimum atomic E-state index is -0.771. The Morgan fingerprint density at radius 2 is 1.73 bits per heavy atom. The van der Waals surface area contributed by atoms with Crippen LogP contribution in [0.25, 0.3) is 0 Å². The fourth-order valence-electron chi connectivity index (χ4n) is 2.18. The Labute approximate surface area is 155 Å². The molecular formula is C18H20N2O5S. The van der Waals surface area contributed by atoms with Crippen molar-refractivity contribution < 1.29 is 23.9 Å². The molecule has 0 radical (unpaired) electrons. The molecule has 0 atom stereocenters. The fourth-order valence-corrected chi connectivity index (χ4v) is 3.09. The number of hydrogen-bond acceptors (Lipinski definition) is 6. The van der Waals surface area contributed by atoms with Gasteiger partial charge in [-0.15, -0.1) is 11.3 Å². The van der Waals surface area contributed by atoms with Crippen molar-refractivity contribution in [3.8, 4) is 11.5 Å². The first-order valence-corrected chi connectivity index (χ1v) is 8.67. The van der Waals surface area contributed by atoms with Crippen LogP contribution in [0.3, 0.4) is 0 Å². The highest BCUT2D eigenvalue weighted by molar-refractivity contribution is 7.14. The molecule has 8 heteroatoms. The van der Waals surface area contributed by atoms with Crippen LogP contribution in [-0.2, 0) is 16.0 Å². The van der Waals surface area contributed by atoms with Gasteiger partial charge >= 0.3 is 11.8 Å². The molecule has 26 heavy (non-hydrogen) atoms. The van der Waals surface area contributed by atoms with Gasteiger partial charge in [-0.3, -0.25) is 14.4 Å². The largest absolute Gasteiger partial charge is 0.493 e. The van der Waals surface area contributed by atoms with E-state index in [1.807, 2.05) is 6.07 Å². The number of thiophene rings is 1. The molecule has 7 nitrogen and oxygen atoms in total. The second kappa shape index (κ2) is 9.00. The number of nitrogens with one attached hydrogen (secondary N) is 2. The molecule has 0 saturated heterocycles. The quantitative estimate of drug-likeness (QED) is 0.571. The summed E-state index contributed by atoms with van der Waals surface area (Å²) >= 11 is 1.38. The van der Waals surface area contributed by atoms with Gasteiger partial charge in [-0.1, -0.05) is 0 Å². The Kier molecular flexibility index (Phi) is 6.74. The highest BCUT2D eigenvalue weighted by atomic mass is 32.1. The second-order valence-electron chi connectivity index (χ2n) is 5.35. The van der Waals surface area contributed by atoms with E-state index in [-0.39, 0.29) is 5.78 Å². The van der Waals surface area contributed by atoms with Gasteiger partial charge in [0.15, 0.2) is 17.3 Å². The predicted octanol–water partition coefficient (Wildman–Crippen LogP) is 2.27. The number of Topliss-reactive ketones (excluding diaryl/α,β-unsaturated/α-hetero) is 1. The predicted molar refractivity (Wildman–Crippen MR) is 99.2 cm³/mol. The Morgan fingerprint density at radius 3 is 2.35 bits per heavy atom. The first kappa shape index (κ1) is 19.5. The second-order valence-corrected chi connectivity index (χ2v) is 6.52. The first-order valence-electron chi connectivity index (χ1n) is 7.85. The van der Waals surface area contributed by atoms with Gasteiger partial charge in [-0.25, -0.2) is 0 Å². The Balaban J connectivity index is 1.85. The maximum absolute atomic E-state index is 12.0. The zero-order valence-corrected chi connectivity index (χ0v) is 15.6. The highest BCUT2D eigenvalue weighted by Crippen LogP contribution is 2.29. The Bertz CT molecular complexity index is 816. The molecule has 2 N–H and O–H groups in total. The van der Waals surface area contributed by atoms with Crippen molar-refractivity contribution in [3.05, 3.63) is 40.1 Å². The molecule has 0 aliphatic rings. The van der Waals surface area contributed by atoms with Crippen LogP contribution in [0.1, 0.15) is 21.5 Å². The maximum atomic E-state index is 12.0. The van der Waals surface area contributed by atoms with E-state index in [1.54, 1.807) is 24.3 Å². The number of hydrogen-bond donors (Lipinski definition) is 2. The number of rotatable bonds is 7. The van der Waals surface area contributed by atoms with Gasteiger partial charge in [0.05, 0.1) is 19.1 Å². The Morgan fingerprint density at radius 1 is 1.00 bits per heavy atom. The highest BCUT2D eigenvalue weighted by Gasteiger charge is 2.15.